The fourth-order valence-electron chi connectivity index (χ4n) is 1.49. The van der Waals surface area contributed by atoms with Gasteiger partial charge < -0.3 is 20.3 Å². The first kappa shape index (κ1) is 16.9. The Morgan fingerprint density at radius 1 is 1.17 bits per heavy atom. The smallest absolute Gasteiger partial charge is 0.234 e. The minimum Gasteiger partial charge on any atom is -0.383 e. The largest absolute Gasteiger partial charge is 0.383 e. The minimum atomic E-state index is -0.0812. The molecule has 0 bridgehead atoms. The van der Waals surface area contributed by atoms with Gasteiger partial charge in [0.25, 0.3) is 0 Å². The average Bonchev–Trinajstić information content (AvgIpc) is 2.36. The molecule has 0 saturated carbocycles. The van der Waals surface area contributed by atoms with E-state index in [1.807, 2.05) is 13.8 Å². The third kappa shape index (κ3) is 8.03. The highest BCUT2D eigenvalue weighted by Gasteiger charge is 2.08. The van der Waals surface area contributed by atoms with Crippen LogP contribution in [0.4, 0.5) is 0 Å². The molecule has 0 radical (unpaired) electrons. The summed E-state index contributed by atoms with van der Waals surface area (Å²) >= 11 is 0. The lowest BCUT2D eigenvalue weighted by atomic mass is 10.3. The van der Waals surface area contributed by atoms with E-state index in [1.165, 1.54) is 0 Å². The summed E-state index contributed by atoms with van der Waals surface area (Å²) in [5.74, 6) is 0.0367. The van der Waals surface area contributed by atoms with Crippen LogP contribution in [0.1, 0.15) is 20.3 Å². The van der Waals surface area contributed by atoms with Crippen LogP contribution in [0.15, 0.2) is 0 Å². The van der Waals surface area contributed by atoms with Gasteiger partial charge in [0.05, 0.1) is 13.2 Å². The second-order valence-corrected chi connectivity index (χ2v) is 3.84. The van der Waals surface area contributed by atoms with Crippen molar-refractivity contribution in [1.82, 2.24) is 15.5 Å². The first-order valence-electron chi connectivity index (χ1n) is 6.39. The number of carbonyl (C=O) groups excluding carboxylic acids is 2. The third-order valence-corrected chi connectivity index (χ3v) is 2.55. The van der Waals surface area contributed by atoms with Crippen molar-refractivity contribution >= 4 is 11.8 Å². The summed E-state index contributed by atoms with van der Waals surface area (Å²) in [7, 11) is 1.59. The predicted octanol–water partition coefficient (Wildman–Crippen LogP) is -0.403. The van der Waals surface area contributed by atoms with Crippen LogP contribution < -0.4 is 10.6 Å². The van der Waals surface area contributed by atoms with E-state index in [0.717, 1.165) is 13.1 Å². The molecule has 0 aliphatic carbocycles. The van der Waals surface area contributed by atoms with E-state index in [9.17, 15) is 9.59 Å². The van der Waals surface area contributed by atoms with E-state index in [1.54, 1.807) is 12.0 Å². The van der Waals surface area contributed by atoms with E-state index < -0.39 is 0 Å². The standard InChI is InChI=1S/C12H25N3O3/c1-4-15(5-2)12(17)6-7-13-10-11(16)14-8-9-18-3/h13H,4-10H2,1-3H3,(H,14,16). The van der Waals surface area contributed by atoms with Gasteiger partial charge >= 0.3 is 0 Å². The van der Waals surface area contributed by atoms with Crippen molar-refractivity contribution in [3.8, 4) is 0 Å². The molecule has 18 heavy (non-hydrogen) atoms. The highest BCUT2D eigenvalue weighted by Crippen LogP contribution is 1.92. The maximum absolute atomic E-state index is 11.6. The third-order valence-electron chi connectivity index (χ3n) is 2.55. The van der Waals surface area contributed by atoms with Gasteiger partial charge in [0.2, 0.25) is 11.8 Å². The van der Waals surface area contributed by atoms with Crippen LogP contribution in [0.5, 0.6) is 0 Å². The Labute approximate surface area is 109 Å². The topological polar surface area (TPSA) is 70.7 Å². The van der Waals surface area contributed by atoms with Gasteiger partial charge in [-0.05, 0) is 13.8 Å². The molecule has 0 heterocycles. The van der Waals surface area contributed by atoms with Crippen molar-refractivity contribution in [2.75, 3.05) is 46.4 Å². The van der Waals surface area contributed by atoms with Gasteiger partial charge in [-0.25, -0.2) is 0 Å². The summed E-state index contributed by atoms with van der Waals surface area (Å²) in [4.78, 5) is 24.7. The molecule has 106 valence electrons. The number of hydrogen-bond acceptors (Lipinski definition) is 4. The van der Waals surface area contributed by atoms with Crippen LogP contribution in [-0.2, 0) is 14.3 Å². The van der Waals surface area contributed by atoms with E-state index in [-0.39, 0.29) is 18.4 Å². The molecule has 2 amide bonds. The number of nitrogens with zero attached hydrogens (tertiary/aromatic N) is 1. The van der Waals surface area contributed by atoms with Crippen LogP contribution in [0.3, 0.4) is 0 Å². The van der Waals surface area contributed by atoms with E-state index >= 15 is 0 Å². The summed E-state index contributed by atoms with van der Waals surface area (Å²) in [6.45, 7) is 7.14. The first-order chi connectivity index (χ1) is 8.65. The lowest BCUT2D eigenvalue weighted by molar-refractivity contribution is -0.131. The first-order valence-corrected chi connectivity index (χ1v) is 6.39. The quantitative estimate of drug-likeness (QED) is 0.524. The number of methoxy groups -OCH3 is 1. The lowest BCUT2D eigenvalue weighted by Gasteiger charge is -2.18. The zero-order valence-electron chi connectivity index (χ0n) is 11.6. The highest BCUT2D eigenvalue weighted by atomic mass is 16.5. The number of carbonyl (C=O) groups is 2. The maximum atomic E-state index is 11.6. The normalized spacial score (nSPS) is 10.2. The average molecular weight is 259 g/mol. The summed E-state index contributed by atoms with van der Waals surface area (Å²) in [6.07, 6.45) is 0.424. The Morgan fingerprint density at radius 2 is 1.83 bits per heavy atom. The van der Waals surface area contributed by atoms with Crippen molar-refractivity contribution in [1.29, 1.82) is 0 Å². The molecule has 0 aromatic rings. The van der Waals surface area contributed by atoms with Crippen LogP contribution in [0.2, 0.25) is 0 Å². The second kappa shape index (κ2) is 11.0. The molecular formula is C12H25N3O3. The Balaban J connectivity index is 3.54. The lowest BCUT2D eigenvalue weighted by Crippen LogP contribution is -2.38. The van der Waals surface area contributed by atoms with Crippen molar-refractivity contribution < 1.29 is 14.3 Å². The molecule has 0 fully saturated rings. The zero-order valence-corrected chi connectivity index (χ0v) is 11.6. The van der Waals surface area contributed by atoms with E-state index in [2.05, 4.69) is 10.6 Å². The molecule has 0 aromatic heterocycles. The van der Waals surface area contributed by atoms with Gasteiger partial charge in [-0.3, -0.25) is 9.59 Å². The Bertz CT molecular complexity index is 243. The van der Waals surface area contributed by atoms with Crippen molar-refractivity contribution in [2.45, 2.75) is 20.3 Å². The SMILES string of the molecule is CCN(CC)C(=O)CCNCC(=O)NCCOC. The minimum absolute atomic E-state index is 0.0812. The molecule has 2 N–H and O–H groups in total. The molecule has 0 rings (SSSR count). The van der Waals surface area contributed by atoms with Crippen molar-refractivity contribution in [2.24, 2.45) is 0 Å². The fraction of sp³-hybridized carbons (Fsp3) is 0.833. The van der Waals surface area contributed by atoms with Crippen LogP contribution >= 0.6 is 0 Å². The Morgan fingerprint density at radius 3 is 2.39 bits per heavy atom. The molecule has 0 aromatic carbocycles. The number of nitrogens with one attached hydrogen (secondary N) is 2. The molecule has 0 atom stereocenters. The van der Waals surface area contributed by atoms with E-state index in [0.29, 0.717) is 26.1 Å². The maximum Gasteiger partial charge on any atom is 0.234 e. The molecule has 0 saturated heterocycles. The number of ether oxygens (including phenoxy) is 1. The second-order valence-electron chi connectivity index (χ2n) is 3.84. The van der Waals surface area contributed by atoms with Gasteiger partial charge in [-0.15, -0.1) is 0 Å². The summed E-state index contributed by atoms with van der Waals surface area (Å²) in [5.41, 5.74) is 0. The van der Waals surface area contributed by atoms with Crippen LogP contribution in [0, 0.1) is 0 Å². The van der Waals surface area contributed by atoms with Crippen LogP contribution in [0.25, 0.3) is 0 Å². The fourth-order valence-corrected chi connectivity index (χ4v) is 1.49. The van der Waals surface area contributed by atoms with Crippen molar-refractivity contribution in [3.05, 3.63) is 0 Å². The summed E-state index contributed by atoms with van der Waals surface area (Å²) in [6, 6.07) is 0. The van der Waals surface area contributed by atoms with Crippen molar-refractivity contribution in [3.63, 3.8) is 0 Å². The molecule has 0 aliphatic heterocycles. The van der Waals surface area contributed by atoms with Crippen LogP contribution in [-0.4, -0.2) is 63.2 Å². The number of hydrogen-bond donors (Lipinski definition) is 2. The Kier molecular flexibility index (Phi) is 10.3. The van der Waals surface area contributed by atoms with Gasteiger partial charge in [0, 0.05) is 39.7 Å². The highest BCUT2D eigenvalue weighted by molar-refractivity contribution is 5.78. The number of amides is 2. The van der Waals surface area contributed by atoms with Gasteiger partial charge in [0.1, 0.15) is 0 Å². The molecule has 6 nitrogen and oxygen atoms in total. The van der Waals surface area contributed by atoms with Gasteiger partial charge in [0.15, 0.2) is 0 Å². The van der Waals surface area contributed by atoms with E-state index in [4.69, 9.17) is 4.74 Å². The summed E-state index contributed by atoms with van der Waals surface area (Å²) in [5, 5.41) is 5.64. The Hall–Kier alpha value is -1.14. The molecule has 0 unspecified atom stereocenters. The molecule has 0 spiro atoms. The molecular weight excluding hydrogens is 234 g/mol. The molecule has 6 heteroatoms. The number of rotatable bonds is 10. The predicted molar refractivity (Wildman–Crippen MR) is 70.3 cm³/mol. The summed E-state index contributed by atoms with van der Waals surface area (Å²) < 4.78 is 4.82. The van der Waals surface area contributed by atoms with Gasteiger partial charge in [-0.1, -0.05) is 0 Å². The molecule has 0 aliphatic rings. The monoisotopic (exact) mass is 259 g/mol. The zero-order chi connectivity index (χ0) is 13.8. The van der Waals surface area contributed by atoms with Gasteiger partial charge in [-0.2, -0.15) is 0 Å².